The fraction of sp³-hybridized carbons (Fsp3) is 0.455. The number of rotatable bonds is 2. The highest BCUT2D eigenvalue weighted by Crippen LogP contribution is 2.34. The van der Waals surface area contributed by atoms with Gasteiger partial charge in [0, 0.05) is 13.1 Å². The molecular formula is C11H16N2. The van der Waals surface area contributed by atoms with Gasteiger partial charge in [-0.3, -0.25) is 0 Å². The number of nitrogens with zero attached hydrogens (tertiary/aromatic N) is 2. The molecule has 2 rings (SSSR count). The Balaban J connectivity index is 2.38. The van der Waals surface area contributed by atoms with Crippen molar-refractivity contribution in [1.29, 1.82) is 0 Å². The molecular weight excluding hydrogens is 160 g/mol. The summed E-state index contributed by atoms with van der Waals surface area (Å²) in [6, 6.07) is 8.63. The molecule has 1 aliphatic heterocycles. The van der Waals surface area contributed by atoms with Crippen LogP contribution in [0.2, 0.25) is 0 Å². The molecule has 1 aromatic carbocycles. The van der Waals surface area contributed by atoms with E-state index in [0.717, 1.165) is 19.8 Å². The van der Waals surface area contributed by atoms with Crippen LogP contribution in [0.1, 0.15) is 13.8 Å². The third-order valence-corrected chi connectivity index (χ3v) is 2.67. The number of para-hydroxylation sites is 2. The maximum absolute atomic E-state index is 2.40. The maximum Gasteiger partial charge on any atom is 0.0903 e. The highest BCUT2D eigenvalue weighted by Gasteiger charge is 2.22. The van der Waals surface area contributed by atoms with E-state index in [4.69, 9.17) is 0 Å². The topological polar surface area (TPSA) is 6.48 Å². The van der Waals surface area contributed by atoms with Crippen LogP contribution in [0, 0.1) is 0 Å². The number of benzene rings is 1. The average Bonchev–Trinajstić information content (AvgIpc) is 2.56. The van der Waals surface area contributed by atoms with E-state index < -0.39 is 0 Å². The molecule has 0 fully saturated rings. The molecule has 0 radical (unpaired) electrons. The van der Waals surface area contributed by atoms with Gasteiger partial charge >= 0.3 is 0 Å². The Morgan fingerprint density at radius 3 is 1.85 bits per heavy atom. The van der Waals surface area contributed by atoms with Crippen molar-refractivity contribution < 1.29 is 0 Å². The third-order valence-electron chi connectivity index (χ3n) is 2.67. The number of hydrogen-bond donors (Lipinski definition) is 0. The molecule has 0 aromatic heterocycles. The van der Waals surface area contributed by atoms with Crippen LogP contribution < -0.4 is 9.80 Å². The first kappa shape index (κ1) is 8.42. The summed E-state index contributed by atoms with van der Waals surface area (Å²) in [5.74, 6) is 0. The van der Waals surface area contributed by atoms with Crippen molar-refractivity contribution >= 4 is 11.4 Å². The SMILES string of the molecule is CCN1CN(CC)c2ccccc21. The van der Waals surface area contributed by atoms with E-state index in [1.54, 1.807) is 0 Å². The van der Waals surface area contributed by atoms with Crippen LogP contribution in [-0.2, 0) is 0 Å². The van der Waals surface area contributed by atoms with E-state index in [2.05, 4.69) is 47.9 Å². The molecule has 2 heteroatoms. The standard InChI is InChI=1S/C11H16N2/c1-3-12-9-13(4-2)11-8-6-5-7-10(11)12/h5-8H,3-4,9H2,1-2H3. The second-order valence-electron chi connectivity index (χ2n) is 3.34. The molecule has 0 N–H and O–H groups in total. The van der Waals surface area contributed by atoms with Gasteiger partial charge in [-0.05, 0) is 26.0 Å². The highest BCUT2D eigenvalue weighted by molar-refractivity contribution is 5.75. The number of anilines is 2. The summed E-state index contributed by atoms with van der Waals surface area (Å²) in [6.45, 7) is 7.64. The van der Waals surface area contributed by atoms with Crippen molar-refractivity contribution in [3.8, 4) is 0 Å². The van der Waals surface area contributed by atoms with Crippen LogP contribution in [0.15, 0.2) is 24.3 Å². The minimum atomic E-state index is 1.05. The molecule has 0 bridgehead atoms. The summed E-state index contributed by atoms with van der Waals surface area (Å²) in [4.78, 5) is 4.80. The minimum Gasteiger partial charge on any atom is -0.352 e. The second-order valence-corrected chi connectivity index (χ2v) is 3.34. The van der Waals surface area contributed by atoms with Crippen LogP contribution in [0.5, 0.6) is 0 Å². The maximum atomic E-state index is 2.40. The molecule has 0 aliphatic carbocycles. The van der Waals surface area contributed by atoms with E-state index in [1.165, 1.54) is 11.4 Å². The Labute approximate surface area is 79.8 Å². The van der Waals surface area contributed by atoms with Crippen LogP contribution in [0.3, 0.4) is 0 Å². The molecule has 13 heavy (non-hydrogen) atoms. The van der Waals surface area contributed by atoms with Crippen LogP contribution in [0.4, 0.5) is 11.4 Å². The van der Waals surface area contributed by atoms with Crippen molar-refractivity contribution in [1.82, 2.24) is 0 Å². The average molecular weight is 176 g/mol. The van der Waals surface area contributed by atoms with Crippen LogP contribution in [-0.4, -0.2) is 19.8 Å². The zero-order valence-electron chi connectivity index (χ0n) is 8.33. The second kappa shape index (κ2) is 3.29. The van der Waals surface area contributed by atoms with Gasteiger partial charge in [0.2, 0.25) is 0 Å². The summed E-state index contributed by atoms with van der Waals surface area (Å²) < 4.78 is 0. The highest BCUT2D eigenvalue weighted by atomic mass is 15.4. The van der Waals surface area contributed by atoms with Gasteiger partial charge < -0.3 is 9.80 Å². The van der Waals surface area contributed by atoms with Crippen LogP contribution in [0.25, 0.3) is 0 Å². The van der Waals surface area contributed by atoms with Gasteiger partial charge in [0.05, 0.1) is 18.0 Å². The fourth-order valence-corrected chi connectivity index (χ4v) is 1.90. The van der Waals surface area contributed by atoms with E-state index in [-0.39, 0.29) is 0 Å². The lowest BCUT2D eigenvalue weighted by molar-refractivity contribution is 0.801. The van der Waals surface area contributed by atoms with Crippen molar-refractivity contribution in [2.24, 2.45) is 0 Å². The van der Waals surface area contributed by atoms with Gasteiger partial charge in [-0.2, -0.15) is 0 Å². The predicted molar refractivity (Wildman–Crippen MR) is 57.3 cm³/mol. The molecule has 0 unspecified atom stereocenters. The zero-order chi connectivity index (χ0) is 9.26. The zero-order valence-corrected chi connectivity index (χ0v) is 8.33. The van der Waals surface area contributed by atoms with Gasteiger partial charge in [-0.1, -0.05) is 12.1 Å². The molecule has 0 amide bonds. The van der Waals surface area contributed by atoms with E-state index in [0.29, 0.717) is 0 Å². The minimum absolute atomic E-state index is 1.05. The van der Waals surface area contributed by atoms with Crippen molar-refractivity contribution in [3.63, 3.8) is 0 Å². The first-order valence-electron chi connectivity index (χ1n) is 4.95. The first-order chi connectivity index (χ1) is 6.36. The summed E-state index contributed by atoms with van der Waals surface area (Å²) in [5.41, 5.74) is 2.76. The molecule has 1 aliphatic rings. The summed E-state index contributed by atoms with van der Waals surface area (Å²) in [6.07, 6.45) is 0. The Bertz CT molecular complexity index is 267. The van der Waals surface area contributed by atoms with Gasteiger partial charge in [-0.15, -0.1) is 0 Å². The molecule has 1 aromatic rings. The smallest absolute Gasteiger partial charge is 0.0903 e. The summed E-state index contributed by atoms with van der Waals surface area (Å²) >= 11 is 0. The third kappa shape index (κ3) is 1.26. The Morgan fingerprint density at radius 1 is 1.00 bits per heavy atom. The first-order valence-corrected chi connectivity index (χ1v) is 4.95. The van der Waals surface area contributed by atoms with Gasteiger partial charge in [-0.25, -0.2) is 0 Å². The monoisotopic (exact) mass is 176 g/mol. The van der Waals surface area contributed by atoms with E-state index in [9.17, 15) is 0 Å². The van der Waals surface area contributed by atoms with Crippen molar-refractivity contribution in [3.05, 3.63) is 24.3 Å². The summed E-state index contributed by atoms with van der Waals surface area (Å²) in [7, 11) is 0. The Hall–Kier alpha value is -1.18. The van der Waals surface area contributed by atoms with Gasteiger partial charge in [0.15, 0.2) is 0 Å². The van der Waals surface area contributed by atoms with E-state index in [1.807, 2.05) is 0 Å². The fourth-order valence-electron chi connectivity index (χ4n) is 1.90. The Kier molecular flexibility index (Phi) is 2.13. The molecule has 0 atom stereocenters. The molecule has 2 nitrogen and oxygen atoms in total. The van der Waals surface area contributed by atoms with Crippen molar-refractivity contribution in [2.75, 3.05) is 29.6 Å². The molecule has 0 spiro atoms. The number of hydrogen-bond acceptors (Lipinski definition) is 2. The van der Waals surface area contributed by atoms with Crippen LogP contribution >= 0.6 is 0 Å². The van der Waals surface area contributed by atoms with Gasteiger partial charge in [0.25, 0.3) is 0 Å². The molecule has 70 valence electrons. The molecule has 0 saturated carbocycles. The normalized spacial score (nSPS) is 14.9. The lowest BCUT2D eigenvalue weighted by Crippen LogP contribution is -2.30. The molecule has 0 saturated heterocycles. The largest absolute Gasteiger partial charge is 0.352 e. The van der Waals surface area contributed by atoms with Gasteiger partial charge in [0.1, 0.15) is 0 Å². The lowest BCUT2D eigenvalue weighted by atomic mass is 10.2. The van der Waals surface area contributed by atoms with E-state index >= 15 is 0 Å². The molecule has 1 heterocycles. The number of fused-ring (bicyclic) bond motifs is 1. The summed E-state index contributed by atoms with van der Waals surface area (Å²) in [5, 5.41) is 0. The lowest BCUT2D eigenvalue weighted by Gasteiger charge is -2.18. The Morgan fingerprint density at radius 2 is 1.46 bits per heavy atom. The quantitative estimate of drug-likeness (QED) is 0.682. The predicted octanol–water partition coefficient (Wildman–Crippen LogP) is 2.31. The van der Waals surface area contributed by atoms with Crippen molar-refractivity contribution in [2.45, 2.75) is 13.8 Å².